The van der Waals surface area contributed by atoms with Gasteiger partial charge < -0.3 is 9.47 Å². The first-order valence-corrected chi connectivity index (χ1v) is 19.6. The average Bonchev–Trinajstić information content (AvgIpc) is 3.84. The second kappa shape index (κ2) is 11.6. The highest BCUT2D eigenvalue weighted by Gasteiger charge is 2.45. The zero-order valence-corrected chi connectivity index (χ0v) is 30.6. The zero-order chi connectivity index (χ0) is 35.3. The Hall–Kier alpha value is -5.77. The van der Waals surface area contributed by atoms with Gasteiger partial charge in [-0.05, 0) is 113 Å². The Kier molecular flexibility index (Phi) is 6.75. The molecule has 2 aliphatic carbocycles. The van der Waals surface area contributed by atoms with Crippen LogP contribution in [-0.2, 0) is 0 Å². The fourth-order valence-electron chi connectivity index (χ4n) is 9.43. The van der Waals surface area contributed by atoms with Crippen molar-refractivity contribution in [2.24, 2.45) is 5.92 Å². The zero-order valence-electron chi connectivity index (χ0n) is 29.8. The molecule has 0 amide bonds. The van der Waals surface area contributed by atoms with Crippen LogP contribution in [-0.4, -0.2) is 15.4 Å². The smallest absolute Gasteiger partial charge is 0.0716 e. The highest BCUT2D eigenvalue weighted by atomic mass is 32.2. The number of rotatable bonds is 4. The maximum Gasteiger partial charge on any atom is 0.0716 e. The van der Waals surface area contributed by atoms with E-state index in [1.807, 2.05) is 11.8 Å². The van der Waals surface area contributed by atoms with Gasteiger partial charge in [-0.1, -0.05) is 122 Å². The highest BCUT2D eigenvalue weighted by molar-refractivity contribution is 8.01. The fourth-order valence-corrected chi connectivity index (χ4v) is 10.9. The van der Waals surface area contributed by atoms with E-state index in [1.54, 1.807) is 0 Å². The molecule has 0 fully saturated rings. The molecule has 0 bridgehead atoms. The lowest BCUT2D eigenvalue weighted by Gasteiger charge is -2.39. The van der Waals surface area contributed by atoms with Crippen molar-refractivity contribution >= 4 is 61.7 Å². The monoisotopic (exact) mass is 698 g/mol. The number of para-hydroxylation sites is 3. The summed E-state index contributed by atoms with van der Waals surface area (Å²) < 4.78 is 2.44. The quantitative estimate of drug-likeness (QED) is 0.181. The van der Waals surface area contributed by atoms with Gasteiger partial charge in [-0.15, -0.1) is 11.8 Å². The highest BCUT2D eigenvalue weighted by Crippen LogP contribution is 2.56. The van der Waals surface area contributed by atoms with Gasteiger partial charge in [0.25, 0.3) is 0 Å². The molecule has 11 rings (SSSR count). The third kappa shape index (κ3) is 4.53. The van der Waals surface area contributed by atoms with Crippen molar-refractivity contribution in [1.29, 1.82) is 0 Å². The summed E-state index contributed by atoms with van der Waals surface area (Å²) in [5.74, 6) is 0.536. The van der Waals surface area contributed by atoms with Crippen LogP contribution in [0.4, 0.5) is 11.4 Å². The molecule has 2 aliphatic heterocycles. The van der Waals surface area contributed by atoms with Crippen LogP contribution in [0.1, 0.15) is 37.0 Å². The van der Waals surface area contributed by atoms with Crippen LogP contribution >= 0.6 is 11.8 Å². The van der Waals surface area contributed by atoms with Crippen molar-refractivity contribution in [3.63, 3.8) is 0 Å². The van der Waals surface area contributed by atoms with E-state index in [4.69, 9.17) is 0 Å². The van der Waals surface area contributed by atoms with Gasteiger partial charge in [-0.2, -0.15) is 0 Å². The number of allylic oxidation sites excluding steroid dienone is 5. The first-order valence-electron chi connectivity index (χ1n) is 18.8. The summed E-state index contributed by atoms with van der Waals surface area (Å²) in [6.07, 6.45) is 12.7. The molecule has 3 atom stereocenters. The minimum Gasteiger partial charge on any atom is -0.331 e. The van der Waals surface area contributed by atoms with Gasteiger partial charge in [0.15, 0.2) is 0 Å². The Bertz CT molecular complexity index is 2760. The van der Waals surface area contributed by atoms with E-state index in [9.17, 15) is 0 Å². The summed E-state index contributed by atoms with van der Waals surface area (Å²) in [4.78, 5) is 3.95. The lowest BCUT2D eigenvalue weighted by atomic mass is 9.80. The van der Waals surface area contributed by atoms with Gasteiger partial charge in [0, 0.05) is 43.5 Å². The third-order valence-corrected chi connectivity index (χ3v) is 13.6. The summed E-state index contributed by atoms with van der Waals surface area (Å²) in [6.45, 7) is 4.73. The van der Waals surface area contributed by atoms with E-state index in [2.05, 4.69) is 193 Å². The Labute approximate surface area is 315 Å². The predicted octanol–water partition coefficient (Wildman–Crippen LogP) is 13.3. The van der Waals surface area contributed by atoms with Crippen LogP contribution in [0.15, 0.2) is 175 Å². The minimum atomic E-state index is -0.148. The van der Waals surface area contributed by atoms with Crippen molar-refractivity contribution in [2.45, 2.75) is 36.0 Å². The van der Waals surface area contributed by atoms with E-state index in [-0.39, 0.29) is 5.54 Å². The molecule has 4 aliphatic rings. The number of anilines is 2. The molecular formula is C50H38N2S. The molecule has 3 heterocycles. The Balaban J connectivity index is 0.976. The molecule has 2 nitrogen and oxygen atoms in total. The topological polar surface area (TPSA) is 8.17 Å². The van der Waals surface area contributed by atoms with Crippen molar-refractivity contribution in [2.75, 3.05) is 4.90 Å². The predicted molar refractivity (Wildman–Crippen MR) is 226 cm³/mol. The number of fused-ring (bicyclic) bond motifs is 9. The number of benzene rings is 6. The Morgan fingerprint density at radius 3 is 2.28 bits per heavy atom. The van der Waals surface area contributed by atoms with Gasteiger partial charge in [0.05, 0.1) is 16.6 Å². The van der Waals surface area contributed by atoms with E-state index >= 15 is 0 Å². The second-order valence-electron chi connectivity index (χ2n) is 15.1. The fraction of sp³-hybridized carbons (Fsp3) is 0.120. The molecule has 0 spiro atoms. The van der Waals surface area contributed by atoms with Gasteiger partial charge >= 0.3 is 0 Å². The standard InChI is InChI=1S/C50H38N2S/c1-32-12-10-18-40-41-19-11-17-38(49(41)53-48(32)40)33-22-25-36(26-23-33)51-45-20-8-6-15-39(45)43-30-34(24-27-46(43)51)35-28-29-50(2)44(31-35)42-16-7-9-21-47(42)52(50)37-13-4-3-5-14-37/h3-28,30-32,48H,29H2,1-2H3. The lowest BCUT2D eigenvalue weighted by Crippen LogP contribution is -2.40. The van der Waals surface area contributed by atoms with Crippen LogP contribution in [0.2, 0.25) is 0 Å². The molecule has 1 aromatic heterocycles. The van der Waals surface area contributed by atoms with E-state index in [1.165, 1.54) is 88.3 Å². The Morgan fingerprint density at radius 1 is 0.660 bits per heavy atom. The van der Waals surface area contributed by atoms with Crippen LogP contribution in [0.5, 0.6) is 0 Å². The number of nitrogens with zero attached hydrogens (tertiary/aromatic N) is 2. The lowest BCUT2D eigenvalue weighted by molar-refractivity contribution is 0.608. The molecule has 53 heavy (non-hydrogen) atoms. The molecule has 3 unspecified atom stereocenters. The normalized spacial score (nSPS) is 21.2. The minimum absolute atomic E-state index is 0.148. The van der Waals surface area contributed by atoms with Crippen LogP contribution in [0.25, 0.3) is 55.3 Å². The van der Waals surface area contributed by atoms with Gasteiger partial charge in [0.2, 0.25) is 0 Å². The van der Waals surface area contributed by atoms with Crippen molar-refractivity contribution < 1.29 is 0 Å². The molecule has 3 heteroatoms. The number of hydrogen-bond acceptors (Lipinski definition) is 2. The first-order chi connectivity index (χ1) is 26.1. The van der Waals surface area contributed by atoms with E-state index in [0.29, 0.717) is 11.2 Å². The number of thioether (sulfide) groups is 1. The van der Waals surface area contributed by atoms with Crippen LogP contribution < -0.4 is 4.90 Å². The van der Waals surface area contributed by atoms with Crippen molar-refractivity contribution in [3.05, 3.63) is 187 Å². The van der Waals surface area contributed by atoms with Crippen molar-refractivity contribution in [3.8, 4) is 16.8 Å². The van der Waals surface area contributed by atoms with E-state index in [0.717, 1.165) is 6.42 Å². The summed E-state index contributed by atoms with van der Waals surface area (Å²) in [5.41, 5.74) is 16.7. The number of aromatic nitrogens is 1. The van der Waals surface area contributed by atoms with Gasteiger partial charge in [0.1, 0.15) is 0 Å². The molecule has 254 valence electrons. The maximum absolute atomic E-state index is 2.54. The maximum atomic E-state index is 2.54. The van der Waals surface area contributed by atoms with Crippen LogP contribution in [0, 0.1) is 5.92 Å². The molecule has 7 aromatic rings. The summed E-state index contributed by atoms with van der Waals surface area (Å²) in [5, 5.41) is 3.06. The molecule has 0 radical (unpaired) electrons. The first kappa shape index (κ1) is 30.8. The number of hydrogen-bond donors (Lipinski definition) is 0. The molecular weight excluding hydrogens is 661 g/mol. The second-order valence-corrected chi connectivity index (χ2v) is 16.3. The largest absolute Gasteiger partial charge is 0.331 e. The molecule has 0 N–H and O–H groups in total. The van der Waals surface area contributed by atoms with Crippen LogP contribution in [0.3, 0.4) is 0 Å². The Morgan fingerprint density at radius 2 is 1.40 bits per heavy atom. The third-order valence-electron chi connectivity index (χ3n) is 12.0. The van der Waals surface area contributed by atoms with Gasteiger partial charge in [-0.3, -0.25) is 0 Å². The average molecular weight is 699 g/mol. The molecule has 0 saturated carbocycles. The van der Waals surface area contributed by atoms with Gasteiger partial charge in [-0.25, -0.2) is 0 Å². The summed E-state index contributed by atoms with van der Waals surface area (Å²) >= 11 is 2.03. The van der Waals surface area contributed by atoms with Crippen molar-refractivity contribution in [1.82, 2.24) is 4.57 Å². The van der Waals surface area contributed by atoms with E-state index < -0.39 is 0 Å². The summed E-state index contributed by atoms with van der Waals surface area (Å²) in [7, 11) is 0. The SMILES string of the molecule is CC1C=CC=C2c3cccc(-c4ccc(-n5c6ccccc6c6cc(C7=CCC8(C)C(=C7)c7ccccc7N8c7ccccc7)ccc65)cc4)c3SC21. The molecule has 0 saturated heterocycles. The summed E-state index contributed by atoms with van der Waals surface area (Å²) in [6, 6.07) is 51.7. The molecule has 6 aromatic carbocycles.